The van der Waals surface area contributed by atoms with Gasteiger partial charge in [0.2, 0.25) is 0 Å². The number of hydrogen-bond donors (Lipinski definition) is 1. The van der Waals surface area contributed by atoms with Crippen molar-refractivity contribution in [3.63, 3.8) is 0 Å². The van der Waals surface area contributed by atoms with Crippen molar-refractivity contribution in [3.8, 4) is 5.75 Å². The Labute approximate surface area is 173 Å². The first-order chi connectivity index (χ1) is 14.3. The first kappa shape index (κ1) is 20.0. The number of nitrogens with one attached hydrogen (secondary N) is 1. The Hall–Kier alpha value is -3.33. The molecular formula is C21H20FN3O4S. The van der Waals surface area contributed by atoms with Crippen molar-refractivity contribution >= 4 is 44.0 Å². The van der Waals surface area contributed by atoms with Crippen molar-refractivity contribution in [1.29, 1.82) is 0 Å². The highest BCUT2D eigenvalue weighted by Gasteiger charge is 2.36. The zero-order valence-electron chi connectivity index (χ0n) is 16.6. The van der Waals surface area contributed by atoms with Gasteiger partial charge in [-0.1, -0.05) is 30.3 Å². The molecule has 0 fully saturated rings. The molecule has 1 heterocycles. The van der Waals surface area contributed by atoms with Crippen molar-refractivity contribution < 1.29 is 22.3 Å². The molecule has 3 aromatic carbocycles. The summed E-state index contributed by atoms with van der Waals surface area (Å²) in [6, 6.07) is 13.3. The van der Waals surface area contributed by atoms with E-state index in [-0.39, 0.29) is 22.6 Å². The molecule has 1 aliphatic rings. The summed E-state index contributed by atoms with van der Waals surface area (Å²) in [6.07, 6.45) is 0. The van der Waals surface area contributed by atoms with Crippen LogP contribution < -0.4 is 18.7 Å². The molecule has 0 saturated heterocycles. The molecule has 0 bridgehead atoms. The Morgan fingerprint density at radius 2 is 1.73 bits per heavy atom. The van der Waals surface area contributed by atoms with Gasteiger partial charge in [0.1, 0.15) is 11.6 Å². The molecule has 0 unspecified atom stereocenters. The normalized spacial score (nSPS) is 14.7. The van der Waals surface area contributed by atoms with Crippen LogP contribution in [0.3, 0.4) is 0 Å². The van der Waals surface area contributed by atoms with Gasteiger partial charge in [-0.2, -0.15) is 8.42 Å². The minimum Gasteiger partial charge on any atom is -0.493 e. The second-order valence-electron chi connectivity index (χ2n) is 6.81. The number of carbonyl (C=O) groups excluding carboxylic acids is 1. The molecule has 9 heteroatoms. The predicted molar refractivity (Wildman–Crippen MR) is 115 cm³/mol. The fourth-order valence-corrected chi connectivity index (χ4v) is 4.69. The monoisotopic (exact) mass is 429 g/mol. The Morgan fingerprint density at radius 1 is 1.07 bits per heavy atom. The van der Waals surface area contributed by atoms with Crippen LogP contribution in [0.5, 0.6) is 5.75 Å². The quantitative estimate of drug-likeness (QED) is 0.685. The van der Waals surface area contributed by atoms with Crippen LogP contribution in [0.4, 0.5) is 21.5 Å². The number of rotatable bonds is 4. The summed E-state index contributed by atoms with van der Waals surface area (Å²) in [5, 5.41) is 4.09. The third-order valence-corrected chi connectivity index (χ3v) is 6.88. The molecule has 0 aliphatic carbocycles. The summed E-state index contributed by atoms with van der Waals surface area (Å²) in [5.41, 5.74) is 0.643. The Bertz CT molecular complexity index is 1280. The molecule has 3 aromatic rings. The van der Waals surface area contributed by atoms with Gasteiger partial charge < -0.3 is 10.1 Å². The average Bonchev–Trinajstić information content (AvgIpc) is 2.88. The van der Waals surface area contributed by atoms with E-state index in [0.717, 1.165) is 20.1 Å². The predicted octanol–water partition coefficient (Wildman–Crippen LogP) is 3.76. The average molecular weight is 429 g/mol. The van der Waals surface area contributed by atoms with Gasteiger partial charge in [-0.15, -0.1) is 0 Å². The molecule has 0 spiro atoms. The van der Waals surface area contributed by atoms with Crippen LogP contribution in [0.15, 0.2) is 48.5 Å². The summed E-state index contributed by atoms with van der Waals surface area (Å²) in [7, 11) is -1.03. The lowest BCUT2D eigenvalue weighted by molar-refractivity contribution is 0.102. The molecule has 7 nitrogen and oxygen atoms in total. The first-order valence-corrected chi connectivity index (χ1v) is 10.7. The molecule has 156 valence electrons. The third kappa shape index (κ3) is 3.02. The number of nitrogens with zero attached hydrogens (tertiary/aromatic N) is 2. The van der Waals surface area contributed by atoms with E-state index in [2.05, 4.69) is 5.32 Å². The molecule has 0 saturated carbocycles. The van der Waals surface area contributed by atoms with E-state index in [4.69, 9.17) is 4.74 Å². The molecule has 30 heavy (non-hydrogen) atoms. The molecule has 0 radical (unpaired) electrons. The highest BCUT2D eigenvalue weighted by atomic mass is 32.2. The summed E-state index contributed by atoms with van der Waals surface area (Å²) >= 11 is 0. The van der Waals surface area contributed by atoms with E-state index in [1.165, 1.54) is 20.2 Å². The Balaban J connectivity index is 1.78. The largest absolute Gasteiger partial charge is 0.493 e. The number of carbonyl (C=O) groups is 1. The minimum absolute atomic E-state index is 0.119. The number of anilines is 3. The van der Waals surface area contributed by atoms with Gasteiger partial charge in [0.15, 0.2) is 0 Å². The maximum absolute atomic E-state index is 14.7. The lowest BCUT2D eigenvalue weighted by Crippen LogP contribution is -2.32. The van der Waals surface area contributed by atoms with E-state index in [9.17, 15) is 17.6 Å². The molecular weight excluding hydrogens is 409 g/mol. The molecule has 0 atom stereocenters. The smallest absolute Gasteiger partial charge is 0.326 e. The standard InChI is InChI=1S/C21H20FN3O4S/c1-4-29-19-10-9-13-7-5-6-8-14(13)20(19)21(26)23-16-12-18-17(11-15(16)22)24(2)30(27,28)25(18)3/h5-12H,4H2,1-3H3,(H,23,26). The van der Waals surface area contributed by atoms with Crippen molar-refractivity contribution in [2.45, 2.75) is 6.92 Å². The van der Waals surface area contributed by atoms with Gasteiger partial charge in [-0.05, 0) is 29.8 Å². The van der Waals surface area contributed by atoms with Gasteiger partial charge in [0, 0.05) is 20.2 Å². The van der Waals surface area contributed by atoms with Crippen molar-refractivity contribution in [2.24, 2.45) is 0 Å². The summed E-state index contributed by atoms with van der Waals surface area (Å²) in [6.45, 7) is 2.17. The molecule has 4 rings (SSSR count). The molecule has 0 aromatic heterocycles. The van der Waals surface area contributed by atoms with Gasteiger partial charge >= 0.3 is 10.2 Å². The molecule has 1 amide bonds. The van der Waals surface area contributed by atoms with E-state index in [1.54, 1.807) is 18.2 Å². The van der Waals surface area contributed by atoms with E-state index < -0.39 is 21.9 Å². The fourth-order valence-electron chi connectivity index (χ4n) is 3.53. The zero-order chi connectivity index (χ0) is 21.6. The van der Waals surface area contributed by atoms with Gasteiger partial charge in [0.25, 0.3) is 5.91 Å². The van der Waals surface area contributed by atoms with Crippen molar-refractivity contribution in [1.82, 2.24) is 0 Å². The molecule has 1 aliphatic heterocycles. The zero-order valence-corrected chi connectivity index (χ0v) is 17.5. The topological polar surface area (TPSA) is 79.0 Å². The Morgan fingerprint density at radius 3 is 2.43 bits per heavy atom. The van der Waals surface area contributed by atoms with Gasteiger partial charge in [0.05, 0.1) is 29.2 Å². The third-order valence-electron chi connectivity index (χ3n) is 5.10. The summed E-state index contributed by atoms with van der Waals surface area (Å²) < 4.78 is 47.0. The maximum atomic E-state index is 14.7. The van der Waals surface area contributed by atoms with Crippen LogP contribution in [0.25, 0.3) is 10.8 Å². The minimum atomic E-state index is -3.75. The number of hydrogen-bond acceptors (Lipinski definition) is 4. The fraction of sp³-hybridized carbons (Fsp3) is 0.190. The Kier molecular flexibility index (Phi) is 4.77. The van der Waals surface area contributed by atoms with Crippen LogP contribution in [0, 0.1) is 5.82 Å². The molecule has 1 N–H and O–H groups in total. The van der Waals surface area contributed by atoms with Crippen LogP contribution in [0.2, 0.25) is 0 Å². The van der Waals surface area contributed by atoms with Crippen LogP contribution in [-0.4, -0.2) is 35.0 Å². The van der Waals surface area contributed by atoms with E-state index in [0.29, 0.717) is 17.7 Å². The maximum Gasteiger partial charge on any atom is 0.326 e. The van der Waals surface area contributed by atoms with Gasteiger partial charge in [-0.25, -0.2) is 4.39 Å². The highest BCUT2D eigenvalue weighted by molar-refractivity contribution is 7.94. The van der Waals surface area contributed by atoms with Crippen LogP contribution in [0.1, 0.15) is 17.3 Å². The lowest BCUT2D eigenvalue weighted by Gasteiger charge is -2.15. The van der Waals surface area contributed by atoms with Crippen molar-refractivity contribution in [2.75, 3.05) is 34.6 Å². The van der Waals surface area contributed by atoms with E-state index in [1.807, 2.05) is 25.1 Å². The van der Waals surface area contributed by atoms with Gasteiger partial charge in [-0.3, -0.25) is 13.4 Å². The summed E-state index contributed by atoms with van der Waals surface area (Å²) in [5.74, 6) is -0.904. The van der Waals surface area contributed by atoms with E-state index >= 15 is 0 Å². The number of halogens is 1. The number of ether oxygens (including phenoxy) is 1. The van der Waals surface area contributed by atoms with Crippen LogP contribution in [-0.2, 0) is 10.2 Å². The first-order valence-electron chi connectivity index (χ1n) is 9.28. The number of benzene rings is 3. The second kappa shape index (κ2) is 7.17. The van der Waals surface area contributed by atoms with Crippen LogP contribution >= 0.6 is 0 Å². The second-order valence-corrected chi connectivity index (χ2v) is 8.80. The lowest BCUT2D eigenvalue weighted by atomic mass is 10.0. The van der Waals surface area contributed by atoms with Crippen molar-refractivity contribution in [3.05, 3.63) is 59.9 Å². The number of amides is 1. The number of fused-ring (bicyclic) bond motifs is 2. The highest BCUT2D eigenvalue weighted by Crippen LogP contribution is 2.42. The SMILES string of the molecule is CCOc1ccc2ccccc2c1C(=O)Nc1cc2c(cc1F)N(C)S(=O)(=O)N2C. The summed E-state index contributed by atoms with van der Waals surface area (Å²) in [4.78, 5) is 13.1.